The molecule has 0 unspecified atom stereocenters. The minimum Gasteiger partial charge on any atom is -0.206 e. The summed E-state index contributed by atoms with van der Waals surface area (Å²) in [6, 6.07) is 14.2. The van der Waals surface area contributed by atoms with Gasteiger partial charge in [-0.15, -0.1) is 0 Å². The Bertz CT molecular complexity index is 931. The molecule has 0 N–H and O–H groups in total. The van der Waals surface area contributed by atoms with Gasteiger partial charge in [0, 0.05) is 11.1 Å². The molecule has 0 atom stereocenters. The molecule has 0 aromatic heterocycles. The zero-order valence-electron chi connectivity index (χ0n) is 15.9. The van der Waals surface area contributed by atoms with Crippen LogP contribution in [0.5, 0.6) is 0 Å². The standard InChI is InChI=1S/C23H23F2Si/c1-14-12-15(2)21(16(3)13-14)17-8-6-9-18(23(17)26(4)5)22-19(24)10-7-11-20(22)25/h6-13H,1-5H3/q+1. The Morgan fingerprint density at radius 3 is 1.65 bits per heavy atom. The van der Waals surface area contributed by atoms with E-state index in [1.165, 1.54) is 40.5 Å². The molecule has 3 aromatic carbocycles. The molecule has 3 rings (SSSR count). The average molecular weight is 366 g/mol. The Morgan fingerprint density at radius 1 is 0.692 bits per heavy atom. The highest BCUT2D eigenvalue weighted by atomic mass is 28.3. The topological polar surface area (TPSA) is 0 Å². The Labute approximate surface area is 156 Å². The minimum atomic E-state index is -0.975. The molecule has 0 bridgehead atoms. The lowest BCUT2D eigenvalue weighted by molar-refractivity contribution is 0.590. The van der Waals surface area contributed by atoms with Gasteiger partial charge in [-0.25, -0.2) is 8.78 Å². The Balaban J connectivity index is 2.38. The number of rotatable bonds is 3. The highest BCUT2D eigenvalue weighted by Gasteiger charge is 2.29. The van der Waals surface area contributed by atoms with Crippen LogP contribution in [0.1, 0.15) is 16.7 Å². The third kappa shape index (κ3) is 3.24. The molecule has 0 saturated carbocycles. The van der Waals surface area contributed by atoms with E-state index >= 15 is 0 Å². The largest absolute Gasteiger partial charge is 0.347 e. The molecule has 3 aromatic rings. The lowest BCUT2D eigenvalue weighted by Gasteiger charge is -2.16. The summed E-state index contributed by atoms with van der Waals surface area (Å²) < 4.78 is 29.0. The van der Waals surface area contributed by atoms with Crippen molar-refractivity contribution in [3.05, 3.63) is 76.9 Å². The van der Waals surface area contributed by atoms with Crippen molar-refractivity contribution in [1.29, 1.82) is 0 Å². The smallest absolute Gasteiger partial charge is 0.206 e. The van der Waals surface area contributed by atoms with Gasteiger partial charge in [0.2, 0.25) is 0 Å². The second-order valence-electron chi connectivity index (χ2n) is 7.10. The van der Waals surface area contributed by atoms with Gasteiger partial charge in [-0.2, -0.15) is 0 Å². The number of aryl methyl sites for hydroxylation is 3. The van der Waals surface area contributed by atoms with E-state index in [2.05, 4.69) is 52.1 Å². The molecule has 0 nitrogen and oxygen atoms in total. The molecule has 0 aliphatic rings. The first-order chi connectivity index (χ1) is 12.3. The maximum atomic E-state index is 14.5. The summed E-state index contributed by atoms with van der Waals surface area (Å²) in [5, 5.41) is 1.08. The van der Waals surface area contributed by atoms with Crippen LogP contribution in [-0.4, -0.2) is 8.80 Å². The van der Waals surface area contributed by atoms with E-state index in [9.17, 15) is 8.78 Å². The SMILES string of the molecule is Cc1cc(C)c(-c2cccc(-c3c(F)cccc3F)c2[Si+](C)C)c(C)c1. The Hall–Kier alpha value is -2.26. The van der Waals surface area contributed by atoms with Crippen LogP contribution in [0.15, 0.2) is 48.5 Å². The molecule has 3 heteroatoms. The number of halogens is 2. The van der Waals surface area contributed by atoms with Gasteiger partial charge in [0.15, 0.2) is 0 Å². The molecule has 0 saturated heterocycles. The van der Waals surface area contributed by atoms with Crippen molar-refractivity contribution in [2.75, 3.05) is 0 Å². The van der Waals surface area contributed by atoms with E-state index in [-0.39, 0.29) is 5.56 Å². The summed E-state index contributed by atoms with van der Waals surface area (Å²) in [6.07, 6.45) is 0. The number of hydrogen-bond donors (Lipinski definition) is 0. The Morgan fingerprint density at radius 2 is 1.15 bits per heavy atom. The molecule has 0 fully saturated rings. The Kier molecular flexibility index (Phi) is 5.10. The van der Waals surface area contributed by atoms with Gasteiger partial charge in [0.05, 0.1) is 18.7 Å². The van der Waals surface area contributed by atoms with Gasteiger partial charge >= 0.3 is 8.80 Å². The molecular weight excluding hydrogens is 342 g/mol. The third-order valence-electron chi connectivity index (χ3n) is 4.74. The third-order valence-corrected chi connectivity index (χ3v) is 6.28. The number of hydrogen-bond acceptors (Lipinski definition) is 0. The summed E-state index contributed by atoms with van der Waals surface area (Å²) in [4.78, 5) is 0. The normalized spacial score (nSPS) is 10.9. The first kappa shape index (κ1) is 18.5. The zero-order valence-corrected chi connectivity index (χ0v) is 16.9. The van der Waals surface area contributed by atoms with E-state index in [1.807, 2.05) is 12.1 Å². The monoisotopic (exact) mass is 365 g/mol. The fourth-order valence-electron chi connectivity index (χ4n) is 3.87. The van der Waals surface area contributed by atoms with Crippen molar-refractivity contribution in [3.8, 4) is 22.3 Å². The highest BCUT2D eigenvalue weighted by molar-refractivity contribution is 6.73. The molecule has 132 valence electrons. The predicted octanol–water partition coefficient (Wildman–Crippen LogP) is 6.19. The average Bonchev–Trinajstić information content (AvgIpc) is 2.53. The molecule has 26 heavy (non-hydrogen) atoms. The lowest BCUT2D eigenvalue weighted by Crippen LogP contribution is -2.28. The predicted molar refractivity (Wildman–Crippen MR) is 109 cm³/mol. The van der Waals surface area contributed by atoms with Crippen LogP contribution < -0.4 is 5.19 Å². The lowest BCUT2D eigenvalue weighted by atomic mass is 9.91. The van der Waals surface area contributed by atoms with Gasteiger partial charge in [-0.05, 0) is 49.6 Å². The van der Waals surface area contributed by atoms with Crippen LogP contribution in [0.25, 0.3) is 22.3 Å². The van der Waals surface area contributed by atoms with Gasteiger partial charge in [0.25, 0.3) is 0 Å². The van der Waals surface area contributed by atoms with E-state index in [1.54, 1.807) is 0 Å². The van der Waals surface area contributed by atoms with Gasteiger partial charge in [-0.1, -0.05) is 42.0 Å². The van der Waals surface area contributed by atoms with Crippen LogP contribution in [-0.2, 0) is 0 Å². The summed E-state index contributed by atoms with van der Waals surface area (Å²) in [5.74, 6) is -1.02. The van der Waals surface area contributed by atoms with E-state index in [0.29, 0.717) is 5.56 Å². The molecule has 0 amide bonds. The summed E-state index contributed by atoms with van der Waals surface area (Å²) in [7, 11) is -0.975. The van der Waals surface area contributed by atoms with Crippen LogP contribution in [0, 0.1) is 32.4 Å². The summed E-state index contributed by atoms with van der Waals surface area (Å²) in [6.45, 7) is 10.6. The van der Waals surface area contributed by atoms with Crippen molar-refractivity contribution in [2.24, 2.45) is 0 Å². The maximum absolute atomic E-state index is 14.5. The summed E-state index contributed by atoms with van der Waals surface area (Å²) in [5.41, 5.74) is 6.64. The van der Waals surface area contributed by atoms with Gasteiger partial charge in [-0.3, -0.25) is 0 Å². The van der Waals surface area contributed by atoms with Crippen LogP contribution >= 0.6 is 0 Å². The molecular formula is C23H23F2Si+. The molecule has 0 spiro atoms. The highest BCUT2D eigenvalue weighted by Crippen LogP contribution is 2.32. The van der Waals surface area contributed by atoms with E-state index < -0.39 is 20.4 Å². The van der Waals surface area contributed by atoms with Crippen molar-refractivity contribution in [2.45, 2.75) is 33.9 Å². The molecule has 0 aliphatic carbocycles. The van der Waals surface area contributed by atoms with Crippen LogP contribution in [0.3, 0.4) is 0 Å². The minimum absolute atomic E-state index is 0.0815. The molecule has 0 heterocycles. The number of benzene rings is 3. The van der Waals surface area contributed by atoms with E-state index in [0.717, 1.165) is 10.8 Å². The van der Waals surface area contributed by atoms with Crippen LogP contribution in [0.4, 0.5) is 8.78 Å². The maximum Gasteiger partial charge on any atom is 0.347 e. The van der Waals surface area contributed by atoms with Gasteiger partial charge in [0.1, 0.15) is 16.8 Å². The van der Waals surface area contributed by atoms with Crippen molar-refractivity contribution in [3.63, 3.8) is 0 Å². The molecule has 0 aliphatic heterocycles. The molecule has 0 radical (unpaired) electrons. The zero-order chi connectivity index (χ0) is 19.0. The van der Waals surface area contributed by atoms with E-state index in [4.69, 9.17) is 0 Å². The first-order valence-corrected chi connectivity index (χ1v) is 11.3. The fraction of sp³-hybridized carbons (Fsp3) is 0.217. The first-order valence-electron chi connectivity index (χ1n) is 8.77. The summed E-state index contributed by atoms with van der Waals surface area (Å²) >= 11 is 0. The van der Waals surface area contributed by atoms with Gasteiger partial charge < -0.3 is 0 Å². The quantitative estimate of drug-likeness (QED) is 0.486. The second kappa shape index (κ2) is 7.16. The van der Waals surface area contributed by atoms with Crippen molar-refractivity contribution in [1.82, 2.24) is 0 Å². The van der Waals surface area contributed by atoms with Crippen molar-refractivity contribution >= 4 is 14.0 Å². The fourth-order valence-corrected chi connectivity index (χ4v) is 5.36. The van der Waals surface area contributed by atoms with Crippen LogP contribution in [0.2, 0.25) is 13.1 Å². The van der Waals surface area contributed by atoms with Crippen molar-refractivity contribution < 1.29 is 8.78 Å². The second-order valence-corrected chi connectivity index (χ2v) is 9.60.